The van der Waals surface area contributed by atoms with Gasteiger partial charge < -0.3 is 11.5 Å². The van der Waals surface area contributed by atoms with Gasteiger partial charge in [0.25, 0.3) is 22.5 Å². The number of carbonyl (C=O) groups excluding carboxylic acids is 2. The summed E-state index contributed by atoms with van der Waals surface area (Å²) in [6.45, 7) is 7.06. The van der Waals surface area contributed by atoms with E-state index in [2.05, 4.69) is 4.99 Å². The van der Waals surface area contributed by atoms with Crippen molar-refractivity contribution >= 4 is 40.1 Å². The van der Waals surface area contributed by atoms with Gasteiger partial charge in [0.2, 0.25) is 0 Å². The number of guanidine groups is 1. The number of hydrogen-bond donors (Lipinski definition) is 2. The Morgan fingerprint density at radius 3 is 1.62 bits per heavy atom. The molecular formula is C25H28ClN5O6. The minimum Gasteiger partial charge on any atom is -0.370 e. The smallest absolute Gasteiger partial charge is 0.280 e. The highest BCUT2D eigenvalue weighted by molar-refractivity contribution is 6.68. The molecule has 12 heteroatoms. The molecule has 0 unspecified atom stereocenters. The average molecular weight is 530 g/mol. The lowest BCUT2D eigenvalue weighted by atomic mass is 10.0. The fourth-order valence-corrected chi connectivity index (χ4v) is 3.49. The Bertz CT molecular complexity index is 1300. The van der Waals surface area contributed by atoms with E-state index in [4.69, 9.17) is 23.1 Å². The van der Waals surface area contributed by atoms with E-state index >= 15 is 0 Å². The number of rotatable bonds is 8. The van der Waals surface area contributed by atoms with Crippen LogP contribution in [0.5, 0.6) is 0 Å². The summed E-state index contributed by atoms with van der Waals surface area (Å²) in [5, 5.41) is 21.3. The molecule has 0 radical (unpaired) electrons. The van der Waals surface area contributed by atoms with Crippen molar-refractivity contribution in [2.45, 2.75) is 40.5 Å². The van der Waals surface area contributed by atoms with Gasteiger partial charge in [-0.1, -0.05) is 24.3 Å². The van der Waals surface area contributed by atoms with Crippen LogP contribution in [0, 0.1) is 34.1 Å². The molecule has 0 aromatic heterocycles. The fourth-order valence-electron chi connectivity index (χ4n) is 3.29. The van der Waals surface area contributed by atoms with Crippen LogP contribution in [0.4, 0.5) is 11.4 Å². The van der Waals surface area contributed by atoms with Crippen molar-refractivity contribution in [3.63, 3.8) is 0 Å². The third-order valence-electron chi connectivity index (χ3n) is 5.06. The molecule has 0 fully saturated rings. The summed E-state index contributed by atoms with van der Waals surface area (Å²) in [5.74, 6) is -1.07. The third-order valence-corrected chi connectivity index (χ3v) is 5.27. The summed E-state index contributed by atoms with van der Waals surface area (Å²) in [6, 6.07) is 5.69. The molecule has 37 heavy (non-hydrogen) atoms. The maximum absolute atomic E-state index is 11.8. The minimum atomic E-state index is -0.691. The van der Waals surface area contributed by atoms with Crippen LogP contribution in [0.3, 0.4) is 0 Å². The standard InChI is InChI=1S/C13H16N4O3.C12H12ClNO3/c1-3-4-5-9-6-8(2)10(7-11(9)17(19)20)12(18)16-13(14)15;1-3-4-5-9-6-8(2)10(12(13)15)7-11(9)14(16)17/h3-4,6-7H,5H2,1-2H3,(H4,14,15,16,18);3-4,6-7H,5H2,1-2H3. The molecule has 0 heterocycles. The lowest BCUT2D eigenvalue weighted by molar-refractivity contribution is -0.385. The molecule has 1 amide bonds. The summed E-state index contributed by atoms with van der Waals surface area (Å²) >= 11 is 5.37. The number of allylic oxidation sites excluding steroid dienone is 4. The van der Waals surface area contributed by atoms with Crippen molar-refractivity contribution in [3.05, 3.63) is 102 Å². The largest absolute Gasteiger partial charge is 0.370 e. The zero-order valence-corrected chi connectivity index (χ0v) is 21.6. The molecule has 0 bridgehead atoms. The zero-order chi connectivity index (χ0) is 28.3. The second-order valence-electron chi connectivity index (χ2n) is 7.77. The molecule has 0 aliphatic carbocycles. The first kappa shape index (κ1) is 30.7. The van der Waals surface area contributed by atoms with Gasteiger partial charge in [-0.25, -0.2) is 0 Å². The van der Waals surface area contributed by atoms with Gasteiger partial charge in [0.05, 0.1) is 15.4 Å². The number of nitro benzene ring substituents is 2. The Kier molecular flexibility index (Phi) is 11.8. The normalized spacial score (nSPS) is 10.6. The molecule has 2 rings (SSSR count). The van der Waals surface area contributed by atoms with E-state index in [0.29, 0.717) is 35.1 Å². The van der Waals surface area contributed by atoms with Crippen LogP contribution >= 0.6 is 11.6 Å². The Morgan fingerprint density at radius 1 is 0.865 bits per heavy atom. The van der Waals surface area contributed by atoms with Crippen LogP contribution in [-0.2, 0) is 12.8 Å². The Labute approximate surface area is 218 Å². The van der Waals surface area contributed by atoms with Gasteiger partial charge in [0.1, 0.15) is 0 Å². The van der Waals surface area contributed by atoms with Gasteiger partial charge in [-0.05, 0) is 75.4 Å². The molecular weight excluding hydrogens is 502 g/mol. The molecule has 4 N–H and O–H groups in total. The van der Waals surface area contributed by atoms with Crippen LogP contribution in [0.15, 0.2) is 53.6 Å². The number of benzene rings is 2. The fraction of sp³-hybridized carbons (Fsp3) is 0.240. The number of nitro groups is 2. The molecule has 0 aliphatic heterocycles. The van der Waals surface area contributed by atoms with Gasteiger partial charge >= 0.3 is 0 Å². The van der Waals surface area contributed by atoms with E-state index in [9.17, 15) is 29.8 Å². The number of nitrogens with two attached hydrogens (primary N) is 2. The van der Waals surface area contributed by atoms with Crippen molar-refractivity contribution in [2.75, 3.05) is 0 Å². The summed E-state index contributed by atoms with van der Waals surface area (Å²) in [4.78, 5) is 47.2. The van der Waals surface area contributed by atoms with E-state index in [-0.39, 0.29) is 28.5 Å². The van der Waals surface area contributed by atoms with Crippen LogP contribution in [0.2, 0.25) is 0 Å². The van der Waals surface area contributed by atoms with E-state index < -0.39 is 21.0 Å². The van der Waals surface area contributed by atoms with Crippen LogP contribution in [-0.4, -0.2) is 27.0 Å². The van der Waals surface area contributed by atoms with Gasteiger partial charge in [-0.3, -0.25) is 29.8 Å². The summed E-state index contributed by atoms with van der Waals surface area (Å²) in [7, 11) is 0. The zero-order valence-electron chi connectivity index (χ0n) is 20.9. The minimum absolute atomic E-state index is 0.0716. The molecule has 0 saturated carbocycles. The number of carbonyl (C=O) groups is 2. The van der Waals surface area contributed by atoms with Gasteiger partial charge in [0.15, 0.2) is 5.96 Å². The van der Waals surface area contributed by atoms with E-state index in [1.807, 2.05) is 26.0 Å². The summed E-state index contributed by atoms with van der Waals surface area (Å²) in [5.41, 5.74) is 12.7. The third kappa shape index (κ3) is 8.97. The number of amides is 1. The van der Waals surface area contributed by atoms with Gasteiger partial charge in [-0.15, -0.1) is 0 Å². The quantitative estimate of drug-likeness (QED) is 0.121. The second-order valence-corrected chi connectivity index (χ2v) is 8.11. The number of halogens is 1. The molecule has 2 aromatic rings. The highest BCUT2D eigenvalue weighted by Gasteiger charge is 2.20. The molecule has 2 aromatic carbocycles. The van der Waals surface area contributed by atoms with E-state index in [0.717, 1.165) is 0 Å². The Morgan fingerprint density at radius 2 is 1.27 bits per heavy atom. The van der Waals surface area contributed by atoms with E-state index in [1.165, 1.54) is 12.1 Å². The number of nitrogens with zero attached hydrogens (tertiary/aromatic N) is 3. The first-order valence-electron chi connectivity index (χ1n) is 11.0. The van der Waals surface area contributed by atoms with Crippen molar-refractivity contribution in [1.82, 2.24) is 0 Å². The molecule has 0 aliphatic rings. The number of aryl methyl sites for hydroxylation is 2. The predicted octanol–water partition coefficient (Wildman–Crippen LogP) is 4.84. The summed E-state index contributed by atoms with van der Waals surface area (Å²) < 4.78 is 0. The maximum Gasteiger partial charge on any atom is 0.280 e. The highest BCUT2D eigenvalue weighted by Crippen LogP contribution is 2.26. The first-order chi connectivity index (χ1) is 17.3. The molecule has 0 spiro atoms. The number of hydrogen-bond acceptors (Lipinski definition) is 6. The van der Waals surface area contributed by atoms with Crippen LogP contribution < -0.4 is 11.5 Å². The van der Waals surface area contributed by atoms with Crippen LogP contribution in [0.1, 0.15) is 56.8 Å². The molecule has 196 valence electrons. The Hall–Kier alpha value is -4.38. The van der Waals surface area contributed by atoms with Gasteiger partial charge in [0, 0.05) is 28.8 Å². The van der Waals surface area contributed by atoms with Crippen molar-refractivity contribution in [3.8, 4) is 0 Å². The predicted molar refractivity (Wildman–Crippen MR) is 143 cm³/mol. The van der Waals surface area contributed by atoms with Crippen molar-refractivity contribution in [1.29, 1.82) is 0 Å². The lowest BCUT2D eigenvalue weighted by Gasteiger charge is -2.06. The number of aliphatic imine (C=N–C) groups is 1. The second kappa shape index (κ2) is 14.2. The topological polar surface area (TPSA) is 185 Å². The molecule has 0 atom stereocenters. The summed E-state index contributed by atoms with van der Waals surface area (Å²) in [6.07, 6.45) is 8.13. The lowest BCUT2D eigenvalue weighted by Crippen LogP contribution is -2.24. The van der Waals surface area contributed by atoms with Gasteiger partial charge in [-0.2, -0.15) is 4.99 Å². The van der Waals surface area contributed by atoms with Crippen molar-refractivity contribution in [2.24, 2.45) is 16.5 Å². The Balaban J connectivity index is 0.000000375. The van der Waals surface area contributed by atoms with Crippen molar-refractivity contribution < 1.29 is 19.4 Å². The molecule has 0 saturated heterocycles. The molecule has 11 nitrogen and oxygen atoms in total. The van der Waals surface area contributed by atoms with E-state index in [1.54, 1.807) is 38.1 Å². The highest BCUT2D eigenvalue weighted by atomic mass is 35.5. The van der Waals surface area contributed by atoms with Crippen LogP contribution in [0.25, 0.3) is 0 Å². The average Bonchev–Trinajstić information content (AvgIpc) is 2.80. The first-order valence-corrected chi connectivity index (χ1v) is 11.3. The monoisotopic (exact) mass is 529 g/mol. The maximum atomic E-state index is 11.8. The SMILES string of the molecule is CC=CCc1cc(C)c(C(=O)Cl)cc1[N+](=O)[O-].CC=CCc1cc(C)c(C(=O)N=C(N)N)cc1[N+](=O)[O-].